The van der Waals surface area contributed by atoms with Crippen LogP contribution in [0.1, 0.15) is 41.0 Å². The van der Waals surface area contributed by atoms with Crippen LogP contribution >= 0.6 is 0 Å². The van der Waals surface area contributed by atoms with Crippen molar-refractivity contribution in [1.29, 1.82) is 0 Å². The van der Waals surface area contributed by atoms with Crippen molar-refractivity contribution in [2.75, 3.05) is 6.54 Å². The third-order valence-electron chi connectivity index (χ3n) is 2.77. The maximum absolute atomic E-state index is 4.10. The Kier molecular flexibility index (Phi) is 6.06. The van der Waals surface area contributed by atoms with Crippen molar-refractivity contribution >= 4 is 0 Å². The van der Waals surface area contributed by atoms with Crippen LogP contribution in [-0.2, 0) is 0 Å². The van der Waals surface area contributed by atoms with Gasteiger partial charge in [-0.25, -0.2) is 0 Å². The molecule has 0 saturated carbocycles. The van der Waals surface area contributed by atoms with Crippen LogP contribution in [-0.4, -0.2) is 12.6 Å². The Balaban J connectivity index is 3.74. The van der Waals surface area contributed by atoms with E-state index in [1.807, 2.05) is 0 Å². The molecule has 0 bridgehead atoms. The van der Waals surface area contributed by atoms with Crippen LogP contribution in [0.2, 0.25) is 0 Å². The summed E-state index contributed by atoms with van der Waals surface area (Å²) in [5.74, 6) is 1.35. The molecular weight excluding hydrogens is 158 g/mol. The molecule has 0 amide bonds. The molecule has 0 spiro atoms. The highest BCUT2D eigenvalue weighted by molar-refractivity contribution is 5.06. The van der Waals surface area contributed by atoms with E-state index in [9.17, 15) is 0 Å². The smallest absolute Gasteiger partial charge is 0.0251 e. The first kappa shape index (κ1) is 12.7. The van der Waals surface area contributed by atoms with Gasteiger partial charge >= 0.3 is 0 Å². The molecule has 0 rings (SSSR count). The first-order valence-electron chi connectivity index (χ1n) is 5.41. The Labute approximate surface area is 83.6 Å². The summed E-state index contributed by atoms with van der Waals surface area (Å²) in [7, 11) is 0. The van der Waals surface area contributed by atoms with Crippen LogP contribution in [0, 0.1) is 11.8 Å². The van der Waals surface area contributed by atoms with E-state index in [1.54, 1.807) is 0 Å². The summed E-state index contributed by atoms with van der Waals surface area (Å²) < 4.78 is 0. The van der Waals surface area contributed by atoms with Crippen LogP contribution in [0.25, 0.3) is 0 Å². The van der Waals surface area contributed by atoms with E-state index in [0.717, 1.165) is 12.5 Å². The fourth-order valence-corrected chi connectivity index (χ4v) is 1.15. The molecule has 0 aromatic rings. The maximum Gasteiger partial charge on any atom is 0.0251 e. The molecule has 0 aliphatic carbocycles. The van der Waals surface area contributed by atoms with Crippen molar-refractivity contribution in [3.8, 4) is 0 Å². The molecule has 2 atom stereocenters. The fraction of sp³-hybridized carbons (Fsp3) is 0.833. The average Bonchev–Trinajstić information content (AvgIpc) is 2.11. The van der Waals surface area contributed by atoms with E-state index >= 15 is 0 Å². The Morgan fingerprint density at radius 2 is 1.77 bits per heavy atom. The van der Waals surface area contributed by atoms with Crippen LogP contribution in [0.4, 0.5) is 0 Å². The van der Waals surface area contributed by atoms with Crippen molar-refractivity contribution in [2.24, 2.45) is 11.8 Å². The first-order chi connectivity index (χ1) is 5.99. The Hall–Kier alpha value is -0.300. The van der Waals surface area contributed by atoms with E-state index in [4.69, 9.17) is 0 Å². The predicted octanol–water partition coefficient (Wildman–Crippen LogP) is 3.22. The van der Waals surface area contributed by atoms with Gasteiger partial charge in [-0.15, -0.1) is 0 Å². The summed E-state index contributed by atoms with van der Waals surface area (Å²) in [5, 5.41) is 3.51. The molecular formula is C12H25N. The quantitative estimate of drug-likeness (QED) is 0.623. The van der Waals surface area contributed by atoms with Gasteiger partial charge in [-0.3, -0.25) is 0 Å². The standard InChI is InChI=1S/C12H25N/c1-7-10(4)8-13-12(6)11(5)9(2)3/h9-10,12-13H,5,7-8H2,1-4,6H3. The first-order valence-corrected chi connectivity index (χ1v) is 5.41. The lowest BCUT2D eigenvalue weighted by Gasteiger charge is -2.21. The van der Waals surface area contributed by atoms with Crippen LogP contribution in [0.3, 0.4) is 0 Å². The molecule has 0 radical (unpaired) electrons. The minimum absolute atomic E-state index is 0.453. The summed E-state index contributed by atoms with van der Waals surface area (Å²) in [4.78, 5) is 0. The van der Waals surface area contributed by atoms with Gasteiger partial charge in [0.1, 0.15) is 0 Å². The Bertz CT molecular complexity index is 149. The van der Waals surface area contributed by atoms with E-state index in [0.29, 0.717) is 12.0 Å². The fourth-order valence-electron chi connectivity index (χ4n) is 1.15. The number of hydrogen-bond acceptors (Lipinski definition) is 1. The molecule has 0 aliphatic rings. The van der Waals surface area contributed by atoms with Crippen LogP contribution in [0.5, 0.6) is 0 Å². The van der Waals surface area contributed by atoms with Gasteiger partial charge < -0.3 is 5.32 Å². The summed E-state index contributed by atoms with van der Waals surface area (Å²) in [6.07, 6.45) is 1.24. The van der Waals surface area contributed by atoms with Gasteiger partial charge in [0, 0.05) is 6.04 Å². The second-order valence-electron chi connectivity index (χ2n) is 4.37. The van der Waals surface area contributed by atoms with E-state index in [-0.39, 0.29) is 0 Å². The minimum atomic E-state index is 0.453. The second-order valence-corrected chi connectivity index (χ2v) is 4.37. The highest BCUT2D eigenvalue weighted by Crippen LogP contribution is 2.11. The molecule has 0 heterocycles. The average molecular weight is 183 g/mol. The highest BCUT2D eigenvalue weighted by Gasteiger charge is 2.09. The molecule has 1 N–H and O–H groups in total. The molecule has 1 nitrogen and oxygen atoms in total. The van der Waals surface area contributed by atoms with Gasteiger partial charge in [0.2, 0.25) is 0 Å². The highest BCUT2D eigenvalue weighted by atomic mass is 14.9. The normalized spacial score (nSPS) is 15.8. The van der Waals surface area contributed by atoms with E-state index in [2.05, 4.69) is 46.5 Å². The van der Waals surface area contributed by atoms with E-state index < -0.39 is 0 Å². The summed E-state index contributed by atoms with van der Waals surface area (Å²) in [5.41, 5.74) is 1.31. The van der Waals surface area contributed by atoms with Crippen LogP contribution < -0.4 is 5.32 Å². The van der Waals surface area contributed by atoms with Crippen molar-refractivity contribution in [3.05, 3.63) is 12.2 Å². The zero-order valence-corrected chi connectivity index (χ0v) is 9.85. The lowest BCUT2D eigenvalue weighted by atomic mass is 9.98. The lowest BCUT2D eigenvalue weighted by molar-refractivity contribution is 0.462. The molecule has 78 valence electrons. The summed E-state index contributed by atoms with van der Waals surface area (Å²) in [6.45, 7) is 16.3. The van der Waals surface area contributed by atoms with Crippen molar-refractivity contribution in [3.63, 3.8) is 0 Å². The topological polar surface area (TPSA) is 12.0 Å². The Morgan fingerprint density at radius 1 is 1.23 bits per heavy atom. The molecule has 13 heavy (non-hydrogen) atoms. The molecule has 0 aliphatic heterocycles. The van der Waals surface area contributed by atoms with Gasteiger partial charge in [-0.1, -0.05) is 46.3 Å². The molecule has 0 saturated heterocycles. The van der Waals surface area contributed by atoms with Gasteiger partial charge in [-0.2, -0.15) is 0 Å². The molecule has 0 aromatic heterocycles. The zero-order valence-electron chi connectivity index (χ0n) is 9.85. The number of rotatable bonds is 6. The molecule has 0 fully saturated rings. The monoisotopic (exact) mass is 183 g/mol. The van der Waals surface area contributed by atoms with Crippen molar-refractivity contribution in [2.45, 2.75) is 47.1 Å². The van der Waals surface area contributed by atoms with Gasteiger partial charge in [0.15, 0.2) is 0 Å². The van der Waals surface area contributed by atoms with Crippen molar-refractivity contribution < 1.29 is 0 Å². The minimum Gasteiger partial charge on any atom is -0.310 e. The zero-order chi connectivity index (χ0) is 10.4. The number of hydrogen-bond donors (Lipinski definition) is 1. The third-order valence-corrected chi connectivity index (χ3v) is 2.77. The summed E-state index contributed by atoms with van der Waals surface area (Å²) in [6, 6.07) is 0.453. The second kappa shape index (κ2) is 6.20. The van der Waals surface area contributed by atoms with Crippen LogP contribution in [0.15, 0.2) is 12.2 Å². The van der Waals surface area contributed by atoms with Crippen molar-refractivity contribution in [1.82, 2.24) is 5.32 Å². The van der Waals surface area contributed by atoms with Gasteiger partial charge in [0.25, 0.3) is 0 Å². The maximum atomic E-state index is 4.10. The number of nitrogens with one attached hydrogen (secondary N) is 1. The molecule has 2 unspecified atom stereocenters. The lowest BCUT2D eigenvalue weighted by Crippen LogP contribution is -2.32. The summed E-state index contributed by atoms with van der Waals surface area (Å²) >= 11 is 0. The SMILES string of the molecule is C=C(C(C)C)C(C)NCC(C)CC. The third kappa shape index (κ3) is 5.09. The predicted molar refractivity (Wildman–Crippen MR) is 60.9 cm³/mol. The molecule has 0 aromatic carbocycles. The Morgan fingerprint density at radius 3 is 2.15 bits per heavy atom. The van der Waals surface area contributed by atoms with E-state index in [1.165, 1.54) is 12.0 Å². The largest absolute Gasteiger partial charge is 0.310 e. The molecule has 1 heteroatoms. The van der Waals surface area contributed by atoms with Gasteiger partial charge in [-0.05, 0) is 25.3 Å². The van der Waals surface area contributed by atoms with Gasteiger partial charge in [0.05, 0.1) is 0 Å².